The van der Waals surface area contributed by atoms with E-state index in [1.54, 1.807) is 18.3 Å². The van der Waals surface area contributed by atoms with Crippen molar-refractivity contribution >= 4 is 23.1 Å². The number of rotatable bonds is 4. The number of ether oxygens (including phenoxy) is 1. The minimum atomic E-state index is -0.439. The summed E-state index contributed by atoms with van der Waals surface area (Å²) in [6.07, 6.45) is 1.48. The van der Waals surface area contributed by atoms with Crippen LogP contribution in [0.4, 0.5) is 5.82 Å². The lowest BCUT2D eigenvalue weighted by molar-refractivity contribution is 0.0601. The number of esters is 1. The van der Waals surface area contributed by atoms with Crippen molar-refractivity contribution in [3.8, 4) is 0 Å². The quantitative estimate of drug-likeness (QED) is 0.870. The van der Waals surface area contributed by atoms with Crippen molar-refractivity contribution in [1.82, 2.24) is 9.97 Å². The smallest absolute Gasteiger partial charge is 0.343 e. The second-order valence-corrected chi connectivity index (χ2v) is 5.05. The van der Waals surface area contributed by atoms with Crippen LogP contribution in [0, 0.1) is 13.8 Å². The average Bonchev–Trinajstić information content (AvgIpc) is 2.81. The first-order valence-corrected chi connectivity index (χ1v) is 6.68. The van der Waals surface area contributed by atoms with Crippen LogP contribution in [0.25, 0.3) is 0 Å². The Balaban J connectivity index is 2.21. The van der Waals surface area contributed by atoms with Crippen LogP contribution in [0.1, 0.15) is 26.6 Å². The summed E-state index contributed by atoms with van der Waals surface area (Å²) in [5.41, 5.74) is 1.57. The summed E-state index contributed by atoms with van der Waals surface area (Å²) in [6, 6.07) is 2.06. The summed E-state index contributed by atoms with van der Waals surface area (Å²) in [6.45, 7) is 4.46. The maximum absolute atomic E-state index is 11.6. The predicted molar refractivity (Wildman–Crippen MR) is 74.5 cm³/mol. The lowest BCUT2D eigenvalue weighted by atomic mass is 10.2. The summed E-state index contributed by atoms with van der Waals surface area (Å²) in [5.74, 6) is 0.676. The second-order valence-electron chi connectivity index (χ2n) is 4.05. The maximum Gasteiger partial charge on any atom is 0.343 e. The molecule has 0 aromatic carbocycles. The first-order valence-electron chi connectivity index (χ1n) is 5.80. The molecule has 0 unspecified atom stereocenters. The van der Waals surface area contributed by atoms with Crippen LogP contribution >= 0.6 is 11.3 Å². The third-order valence-electron chi connectivity index (χ3n) is 2.70. The molecule has 0 saturated carbocycles. The van der Waals surface area contributed by atoms with Gasteiger partial charge in [-0.1, -0.05) is 0 Å². The van der Waals surface area contributed by atoms with Gasteiger partial charge in [0.2, 0.25) is 0 Å². The van der Waals surface area contributed by atoms with Gasteiger partial charge in [-0.2, -0.15) is 0 Å². The molecule has 1 N–H and O–H groups in total. The van der Waals surface area contributed by atoms with Crippen molar-refractivity contribution in [3.63, 3.8) is 0 Å². The Morgan fingerprint density at radius 1 is 1.47 bits per heavy atom. The highest BCUT2D eigenvalue weighted by Gasteiger charge is 2.14. The zero-order valence-corrected chi connectivity index (χ0v) is 11.9. The van der Waals surface area contributed by atoms with Crippen molar-refractivity contribution in [2.24, 2.45) is 0 Å². The van der Waals surface area contributed by atoms with E-state index in [2.05, 4.69) is 28.3 Å². The van der Waals surface area contributed by atoms with E-state index in [0.29, 0.717) is 23.8 Å². The van der Waals surface area contributed by atoms with Crippen LogP contribution in [0.15, 0.2) is 17.6 Å². The van der Waals surface area contributed by atoms with Gasteiger partial charge in [0, 0.05) is 11.1 Å². The highest BCUT2D eigenvalue weighted by Crippen LogP contribution is 2.19. The SMILES string of the molecule is COC(=O)c1cnc(C)nc1NCc1sccc1C. The summed E-state index contributed by atoms with van der Waals surface area (Å²) >= 11 is 1.67. The number of aryl methyl sites for hydroxylation is 2. The lowest BCUT2D eigenvalue weighted by Crippen LogP contribution is -2.11. The third-order valence-corrected chi connectivity index (χ3v) is 3.72. The monoisotopic (exact) mass is 277 g/mol. The Hall–Kier alpha value is -1.95. The molecule has 0 radical (unpaired) electrons. The molecule has 0 aliphatic carbocycles. The van der Waals surface area contributed by atoms with E-state index in [0.717, 1.165) is 0 Å². The molecule has 0 aliphatic rings. The van der Waals surface area contributed by atoms with Gasteiger partial charge in [-0.3, -0.25) is 0 Å². The highest BCUT2D eigenvalue weighted by atomic mass is 32.1. The maximum atomic E-state index is 11.6. The number of nitrogens with zero attached hydrogens (tertiary/aromatic N) is 2. The molecule has 100 valence electrons. The Morgan fingerprint density at radius 3 is 2.89 bits per heavy atom. The van der Waals surface area contributed by atoms with Gasteiger partial charge in [0.15, 0.2) is 0 Å². The van der Waals surface area contributed by atoms with Gasteiger partial charge >= 0.3 is 5.97 Å². The van der Waals surface area contributed by atoms with Gasteiger partial charge in [-0.05, 0) is 30.9 Å². The molecule has 2 rings (SSSR count). The molecule has 5 nitrogen and oxygen atoms in total. The standard InChI is InChI=1S/C13H15N3O2S/c1-8-4-5-19-11(8)7-15-12-10(13(17)18-3)6-14-9(2)16-12/h4-6H,7H2,1-3H3,(H,14,15,16). The molecule has 0 amide bonds. The van der Waals surface area contributed by atoms with E-state index in [4.69, 9.17) is 4.74 Å². The Kier molecular flexibility index (Phi) is 4.11. The summed E-state index contributed by atoms with van der Waals surface area (Å²) in [4.78, 5) is 21.1. The molecule has 0 atom stereocenters. The average molecular weight is 277 g/mol. The molecule has 2 heterocycles. The molecule has 0 aliphatic heterocycles. The lowest BCUT2D eigenvalue weighted by Gasteiger charge is -2.09. The van der Waals surface area contributed by atoms with Crippen LogP contribution in [0.2, 0.25) is 0 Å². The fourth-order valence-corrected chi connectivity index (χ4v) is 2.46. The van der Waals surface area contributed by atoms with Gasteiger partial charge in [0.25, 0.3) is 0 Å². The number of methoxy groups -OCH3 is 1. The van der Waals surface area contributed by atoms with E-state index in [1.165, 1.54) is 23.7 Å². The van der Waals surface area contributed by atoms with Crippen molar-refractivity contribution in [2.45, 2.75) is 20.4 Å². The minimum absolute atomic E-state index is 0.349. The largest absolute Gasteiger partial charge is 0.465 e. The fourth-order valence-electron chi connectivity index (χ4n) is 1.61. The molecule has 0 spiro atoms. The van der Waals surface area contributed by atoms with E-state index in [-0.39, 0.29) is 0 Å². The molecular weight excluding hydrogens is 262 g/mol. The number of carbonyl (C=O) groups is 1. The van der Waals surface area contributed by atoms with E-state index >= 15 is 0 Å². The van der Waals surface area contributed by atoms with Crippen molar-refractivity contribution in [2.75, 3.05) is 12.4 Å². The van der Waals surface area contributed by atoms with Crippen LogP contribution in [-0.2, 0) is 11.3 Å². The van der Waals surface area contributed by atoms with Gasteiger partial charge in [-0.15, -0.1) is 11.3 Å². The summed E-state index contributed by atoms with van der Waals surface area (Å²) in [5, 5.41) is 5.21. The van der Waals surface area contributed by atoms with Crippen molar-refractivity contribution in [3.05, 3.63) is 39.5 Å². The summed E-state index contributed by atoms with van der Waals surface area (Å²) in [7, 11) is 1.34. The molecular formula is C13H15N3O2S. The molecule has 0 bridgehead atoms. The predicted octanol–water partition coefficient (Wildman–Crippen LogP) is 2.55. The van der Waals surface area contributed by atoms with Crippen LogP contribution in [-0.4, -0.2) is 23.0 Å². The second kappa shape index (κ2) is 5.79. The molecule has 19 heavy (non-hydrogen) atoms. The highest BCUT2D eigenvalue weighted by molar-refractivity contribution is 7.10. The minimum Gasteiger partial charge on any atom is -0.465 e. The van der Waals surface area contributed by atoms with E-state index in [1.807, 2.05) is 5.38 Å². The number of anilines is 1. The normalized spacial score (nSPS) is 10.3. The zero-order chi connectivity index (χ0) is 13.8. The molecule has 2 aromatic heterocycles. The molecule has 0 saturated heterocycles. The topological polar surface area (TPSA) is 64.1 Å². The Morgan fingerprint density at radius 2 is 2.26 bits per heavy atom. The van der Waals surface area contributed by atoms with Crippen LogP contribution < -0.4 is 5.32 Å². The Labute approximate surface area is 115 Å². The fraction of sp³-hybridized carbons (Fsp3) is 0.308. The number of thiophene rings is 1. The van der Waals surface area contributed by atoms with Gasteiger partial charge < -0.3 is 10.1 Å². The molecule has 2 aromatic rings. The third kappa shape index (κ3) is 3.08. The summed E-state index contributed by atoms with van der Waals surface area (Å²) < 4.78 is 4.72. The number of nitrogens with one attached hydrogen (secondary N) is 1. The van der Waals surface area contributed by atoms with Gasteiger partial charge in [0.05, 0.1) is 13.7 Å². The first kappa shape index (κ1) is 13.5. The van der Waals surface area contributed by atoms with Crippen LogP contribution in [0.3, 0.4) is 0 Å². The van der Waals surface area contributed by atoms with E-state index < -0.39 is 5.97 Å². The number of aromatic nitrogens is 2. The Bertz CT molecular complexity index is 595. The number of hydrogen-bond donors (Lipinski definition) is 1. The first-order chi connectivity index (χ1) is 9.11. The van der Waals surface area contributed by atoms with Gasteiger partial charge in [-0.25, -0.2) is 14.8 Å². The van der Waals surface area contributed by atoms with Crippen molar-refractivity contribution in [1.29, 1.82) is 0 Å². The molecule has 6 heteroatoms. The zero-order valence-electron chi connectivity index (χ0n) is 11.1. The van der Waals surface area contributed by atoms with E-state index in [9.17, 15) is 4.79 Å². The molecule has 0 fully saturated rings. The van der Waals surface area contributed by atoms with Crippen molar-refractivity contribution < 1.29 is 9.53 Å². The van der Waals surface area contributed by atoms with Gasteiger partial charge in [0.1, 0.15) is 17.2 Å². The number of carbonyl (C=O) groups excluding carboxylic acids is 1. The van der Waals surface area contributed by atoms with Crippen LogP contribution in [0.5, 0.6) is 0 Å². The number of hydrogen-bond acceptors (Lipinski definition) is 6.